The van der Waals surface area contributed by atoms with Crippen molar-refractivity contribution in [3.63, 3.8) is 0 Å². The van der Waals surface area contributed by atoms with Gasteiger partial charge in [-0.05, 0) is 35.4 Å². The van der Waals surface area contributed by atoms with Crippen LogP contribution in [0.4, 0.5) is 5.69 Å². The van der Waals surface area contributed by atoms with Crippen LogP contribution in [0.3, 0.4) is 0 Å². The molecule has 4 rings (SSSR count). The Hall–Kier alpha value is -4.04. The molecule has 0 aliphatic carbocycles. The lowest BCUT2D eigenvalue weighted by Gasteiger charge is -2.02. The molecule has 0 N–H and O–H groups in total. The zero-order chi connectivity index (χ0) is 24.1. The number of hydrogen-bond acceptors (Lipinski definition) is 4. The molecule has 0 fully saturated rings. The SMILES string of the molecule is O=C(C[n+]1ccc(-c2cc[n+](CC(=O)c3ccc([N+](=O)[O-])cc3)cc2)cc1)c1ccc(Br)cc1. The van der Waals surface area contributed by atoms with E-state index in [0.717, 1.165) is 15.6 Å². The van der Waals surface area contributed by atoms with Crippen molar-refractivity contribution in [1.29, 1.82) is 0 Å². The summed E-state index contributed by atoms with van der Waals surface area (Å²) in [4.78, 5) is 35.2. The van der Waals surface area contributed by atoms with Gasteiger partial charge in [0, 0.05) is 52.0 Å². The Labute approximate surface area is 204 Å². The Balaban J connectivity index is 1.38. The molecule has 2 aromatic heterocycles. The normalized spacial score (nSPS) is 10.6. The molecule has 168 valence electrons. The summed E-state index contributed by atoms with van der Waals surface area (Å²) < 4.78 is 4.52. The molecule has 7 nitrogen and oxygen atoms in total. The molecule has 8 heteroatoms. The van der Waals surface area contributed by atoms with Gasteiger partial charge >= 0.3 is 0 Å². The first-order valence-corrected chi connectivity index (χ1v) is 11.2. The van der Waals surface area contributed by atoms with Crippen molar-refractivity contribution < 1.29 is 23.6 Å². The van der Waals surface area contributed by atoms with Crippen LogP contribution in [0.5, 0.6) is 0 Å². The number of nitro benzene ring substituents is 1. The number of Topliss-reactive ketones (excluding diaryl/α,β-unsaturated/α-hetero) is 2. The van der Waals surface area contributed by atoms with Crippen LogP contribution in [0.25, 0.3) is 11.1 Å². The molecule has 0 spiro atoms. The fourth-order valence-electron chi connectivity index (χ4n) is 3.43. The van der Waals surface area contributed by atoms with E-state index in [1.165, 1.54) is 24.3 Å². The number of carbonyl (C=O) groups is 2. The Morgan fingerprint density at radius 2 is 1.06 bits per heavy atom. The average molecular weight is 518 g/mol. The van der Waals surface area contributed by atoms with Crippen molar-refractivity contribution in [2.75, 3.05) is 0 Å². The van der Waals surface area contributed by atoms with Gasteiger partial charge in [0.15, 0.2) is 24.8 Å². The Bertz CT molecular complexity index is 1340. The highest BCUT2D eigenvalue weighted by atomic mass is 79.9. The maximum Gasteiger partial charge on any atom is 0.269 e. The van der Waals surface area contributed by atoms with E-state index in [0.29, 0.717) is 11.1 Å². The predicted molar refractivity (Wildman–Crippen MR) is 128 cm³/mol. The van der Waals surface area contributed by atoms with Gasteiger partial charge in [0.05, 0.1) is 4.92 Å². The van der Waals surface area contributed by atoms with Crippen molar-refractivity contribution in [2.45, 2.75) is 13.1 Å². The highest BCUT2D eigenvalue weighted by Gasteiger charge is 2.15. The summed E-state index contributed by atoms with van der Waals surface area (Å²) >= 11 is 3.37. The van der Waals surface area contributed by atoms with E-state index in [9.17, 15) is 19.7 Å². The number of nitrogens with zero attached hydrogens (tertiary/aromatic N) is 3. The fourth-order valence-corrected chi connectivity index (χ4v) is 3.69. The van der Waals surface area contributed by atoms with E-state index >= 15 is 0 Å². The maximum absolute atomic E-state index is 12.5. The molecule has 2 aromatic carbocycles. The number of aromatic nitrogens is 2. The zero-order valence-electron chi connectivity index (χ0n) is 18.0. The monoisotopic (exact) mass is 517 g/mol. The van der Waals surface area contributed by atoms with Gasteiger partial charge < -0.3 is 0 Å². The minimum atomic E-state index is -0.493. The summed E-state index contributed by atoms with van der Waals surface area (Å²) in [6, 6.07) is 20.6. The largest absolute Gasteiger partial charge is 0.287 e. The Morgan fingerprint density at radius 1 is 0.676 bits per heavy atom. The molecule has 0 unspecified atom stereocenters. The summed E-state index contributed by atoms with van der Waals surface area (Å²) in [5.41, 5.74) is 3.00. The molecule has 4 aromatic rings. The van der Waals surface area contributed by atoms with Gasteiger partial charge in [-0.3, -0.25) is 19.7 Å². The summed E-state index contributed by atoms with van der Waals surface area (Å²) in [5, 5.41) is 10.8. The topological polar surface area (TPSA) is 85.0 Å². The first-order chi connectivity index (χ1) is 16.4. The van der Waals surface area contributed by atoms with Crippen molar-refractivity contribution >= 4 is 33.2 Å². The van der Waals surface area contributed by atoms with E-state index in [1.54, 1.807) is 16.7 Å². The van der Waals surface area contributed by atoms with E-state index < -0.39 is 4.92 Å². The second-order valence-corrected chi connectivity index (χ2v) is 8.59. The number of benzene rings is 2. The molecule has 0 amide bonds. The third-order valence-corrected chi connectivity index (χ3v) is 5.86. The average Bonchev–Trinajstić information content (AvgIpc) is 2.85. The molecule has 0 saturated carbocycles. The van der Waals surface area contributed by atoms with E-state index in [-0.39, 0.29) is 30.3 Å². The number of carbonyl (C=O) groups excluding carboxylic acids is 2. The number of non-ortho nitro benzene ring substituents is 1. The van der Waals surface area contributed by atoms with Crippen molar-refractivity contribution in [3.05, 3.63) is 123 Å². The molecule has 0 aliphatic rings. The summed E-state index contributed by atoms with van der Waals surface area (Å²) in [5.74, 6) is -0.104. The second kappa shape index (κ2) is 10.3. The summed E-state index contributed by atoms with van der Waals surface area (Å²) in [6.07, 6.45) is 7.37. The highest BCUT2D eigenvalue weighted by Crippen LogP contribution is 2.16. The number of pyridine rings is 2. The number of hydrogen-bond donors (Lipinski definition) is 0. The summed E-state index contributed by atoms with van der Waals surface area (Å²) in [7, 11) is 0. The van der Waals surface area contributed by atoms with Gasteiger partial charge in [0.1, 0.15) is 0 Å². The first kappa shape index (κ1) is 23.1. The number of halogens is 1. The van der Waals surface area contributed by atoms with Gasteiger partial charge in [0.25, 0.3) is 5.69 Å². The lowest BCUT2D eigenvalue weighted by atomic mass is 10.1. The fraction of sp³-hybridized carbons (Fsp3) is 0.0769. The lowest BCUT2D eigenvalue weighted by molar-refractivity contribution is -0.683. The molecular formula is C26H20BrN3O4+2. The maximum atomic E-state index is 12.5. The molecule has 0 atom stereocenters. The van der Waals surface area contributed by atoms with Gasteiger partial charge in [-0.25, -0.2) is 0 Å². The quantitative estimate of drug-likeness (QED) is 0.150. The minimum Gasteiger partial charge on any atom is -0.287 e. The molecular weight excluding hydrogens is 498 g/mol. The van der Waals surface area contributed by atoms with Crippen LogP contribution in [-0.4, -0.2) is 16.5 Å². The van der Waals surface area contributed by atoms with Crippen LogP contribution in [-0.2, 0) is 13.1 Å². The minimum absolute atomic E-state index is 0.0312. The van der Waals surface area contributed by atoms with Crippen LogP contribution >= 0.6 is 15.9 Å². The third kappa shape index (κ3) is 5.65. The molecule has 0 aliphatic heterocycles. The molecule has 34 heavy (non-hydrogen) atoms. The second-order valence-electron chi connectivity index (χ2n) is 7.68. The van der Waals surface area contributed by atoms with Gasteiger partial charge in [0.2, 0.25) is 24.7 Å². The van der Waals surface area contributed by atoms with Crippen molar-refractivity contribution in [2.24, 2.45) is 0 Å². The predicted octanol–water partition coefficient (Wildman–Crippen LogP) is 4.37. The van der Waals surface area contributed by atoms with Crippen LogP contribution in [0, 0.1) is 10.1 Å². The summed E-state index contributed by atoms with van der Waals surface area (Å²) in [6.45, 7) is 0.381. The first-order valence-electron chi connectivity index (χ1n) is 10.4. The van der Waals surface area contributed by atoms with Crippen LogP contribution in [0.2, 0.25) is 0 Å². The van der Waals surface area contributed by atoms with E-state index in [1.807, 2.05) is 65.8 Å². The molecule has 0 bridgehead atoms. The van der Waals surface area contributed by atoms with E-state index in [4.69, 9.17) is 0 Å². The number of ketones is 2. The van der Waals surface area contributed by atoms with Crippen LogP contribution in [0.1, 0.15) is 20.7 Å². The third-order valence-electron chi connectivity index (χ3n) is 5.33. The number of nitro groups is 1. The standard InChI is InChI=1S/C26H20BrN3O4/c27-23-5-1-21(2-6-23)25(31)17-28-13-9-19(10-14-28)20-11-15-29(16-12-20)18-26(32)22-3-7-24(8-4-22)30(33)34/h1-16H,17-18H2/q+2. The lowest BCUT2D eigenvalue weighted by Crippen LogP contribution is -2.37. The number of rotatable bonds is 8. The van der Waals surface area contributed by atoms with Crippen LogP contribution < -0.4 is 9.13 Å². The van der Waals surface area contributed by atoms with Gasteiger partial charge in [-0.15, -0.1) is 0 Å². The van der Waals surface area contributed by atoms with Crippen LogP contribution in [0.15, 0.2) is 102 Å². The van der Waals surface area contributed by atoms with Crippen molar-refractivity contribution in [1.82, 2.24) is 0 Å². The van der Waals surface area contributed by atoms with Gasteiger partial charge in [-0.1, -0.05) is 28.1 Å². The Kier molecular flexibility index (Phi) is 6.98. The molecule has 2 heterocycles. The zero-order valence-corrected chi connectivity index (χ0v) is 19.6. The Morgan fingerprint density at radius 3 is 1.44 bits per heavy atom. The molecule has 0 saturated heterocycles. The van der Waals surface area contributed by atoms with Crippen molar-refractivity contribution in [3.8, 4) is 11.1 Å². The highest BCUT2D eigenvalue weighted by molar-refractivity contribution is 9.10. The molecule has 0 radical (unpaired) electrons. The van der Waals surface area contributed by atoms with Gasteiger partial charge in [-0.2, -0.15) is 9.13 Å². The smallest absolute Gasteiger partial charge is 0.269 e. The van der Waals surface area contributed by atoms with E-state index in [2.05, 4.69) is 15.9 Å².